The predicted molar refractivity (Wildman–Crippen MR) is 124 cm³/mol. The highest BCUT2D eigenvalue weighted by atomic mass is 19.1. The topological polar surface area (TPSA) is 81.7 Å². The largest absolute Gasteiger partial charge is 0.468 e. The number of carbonyl (C=O) groups is 3. The molecule has 0 aromatic heterocycles. The molecule has 0 spiro atoms. The zero-order chi connectivity index (χ0) is 24.4. The zero-order valence-corrected chi connectivity index (χ0v) is 20.0. The lowest BCUT2D eigenvalue weighted by Crippen LogP contribution is -2.43. The fourth-order valence-corrected chi connectivity index (χ4v) is 5.55. The summed E-state index contributed by atoms with van der Waals surface area (Å²) in [5.74, 6) is -4.03. The third-order valence-electron chi connectivity index (χ3n) is 7.22. The summed E-state index contributed by atoms with van der Waals surface area (Å²) in [6, 6.07) is 5.92. The molecule has 4 rings (SSSR count). The molecule has 182 valence electrons. The number of halogens is 1. The third kappa shape index (κ3) is 4.65. The molecule has 3 atom stereocenters. The van der Waals surface area contributed by atoms with E-state index in [1.807, 2.05) is 6.92 Å². The molecule has 1 saturated carbocycles. The number of carbonyl (C=O) groups excluding carboxylic acids is 3. The lowest BCUT2D eigenvalue weighted by Gasteiger charge is -2.38. The Kier molecular flexibility index (Phi) is 7.19. The minimum absolute atomic E-state index is 0.177. The first-order valence-electron chi connectivity index (χ1n) is 12.1. The molecule has 7 heteroatoms. The van der Waals surface area contributed by atoms with Gasteiger partial charge in [-0.1, -0.05) is 31.9 Å². The third-order valence-corrected chi connectivity index (χ3v) is 7.22. The van der Waals surface area contributed by atoms with Crippen molar-refractivity contribution in [3.8, 4) is 0 Å². The first-order chi connectivity index (χ1) is 16.3. The van der Waals surface area contributed by atoms with E-state index in [1.54, 1.807) is 19.1 Å². The number of rotatable bonds is 4. The van der Waals surface area contributed by atoms with E-state index in [4.69, 9.17) is 9.47 Å². The number of benzene rings is 1. The van der Waals surface area contributed by atoms with Crippen LogP contribution < -0.4 is 5.32 Å². The molecule has 1 heterocycles. The lowest BCUT2D eigenvalue weighted by atomic mass is 9.69. The van der Waals surface area contributed by atoms with E-state index < -0.39 is 35.4 Å². The number of allylic oxidation sites excluding steroid dienone is 3. The van der Waals surface area contributed by atoms with Crippen LogP contribution in [0, 0.1) is 17.7 Å². The van der Waals surface area contributed by atoms with Crippen LogP contribution in [0.3, 0.4) is 0 Å². The second-order valence-corrected chi connectivity index (χ2v) is 9.61. The number of Topliss-reactive ketones (excluding diaryl/α,β-unsaturated/α-hetero) is 1. The van der Waals surface area contributed by atoms with Gasteiger partial charge in [0.05, 0.1) is 12.7 Å². The summed E-state index contributed by atoms with van der Waals surface area (Å²) in [7, 11) is 1.26. The van der Waals surface area contributed by atoms with Crippen LogP contribution in [0.2, 0.25) is 0 Å². The Morgan fingerprint density at radius 3 is 2.47 bits per heavy atom. The summed E-state index contributed by atoms with van der Waals surface area (Å²) in [4.78, 5) is 39.7. The molecular weight excluding hydrogens is 437 g/mol. The zero-order valence-electron chi connectivity index (χ0n) is 20.0. The van der Waals surface area contributed by atoms with Gasteiger partial charge in [0, 0.05) is 22.9 Å². The Labute approximate surface area is 199 Å². The van der Waals surface area contributed by atoms with Crippen molar-refractivity contribution in [2.75, 3.05) is 7.11 Å². The summed E-state index contributed by atoms with van der Waals surface area (Å²) in [5.41, 5.74) is 2.34. The van der Waals surface area contributed by atoms with Crippen LogP contribution in [0.5, 0.6) is 0 Å². The minimum Gasteiger partial charge on any atom is -0.468 e. The maximum absolute atomic E-state index is 14.3. The predicted octanol–water partition coefficient (Wildman–Crippen LogP) is 4.70. The Bertz CT molecular complexity index is 1050. The first kappa shape index (κ1) is 24.2. The van der Waals surface area contributed by atoms with Gasteiger partial charge in [-0.05, 0) is 62.6 Å². The first-order valence-corrected chi connectivity index (χ1v) is 12.1. The van der Waals surface area contributed by atoms with Gasteiger partial charge in [-0.2, -0.15) is 0 Å². The van der Waals surface area contributed by atoms with Gasteiger partial charge in [-0.3, -0.25) is 9.59 Å². The quantitative estimate of drug-likeness (QED) is 0.391. The van der Waals surface area contributed by atoms with Crippen molar-refractivity contribution in [2.45, 2.75) is 70.8 Å². The van der Waals surface area contributed by atoms with E-state index in [-0.39, 0.29) is 12.0 Å². The van der Waals surface area contributed by atoms with Crippen LogP contribution in [-0.2, 0) is 23.9 Å². The summed E-state index contributed by atoms with van der Waals surface area (Å²) in [6.07, 6.45) is 6.15. The minimum atomic E-state index is -0.973. The van der Waals surface area contributed by atoms with Crippen LogP contribution in [-0.4, -0.2) is 30.9 Å². The SMILES string of the molecule is COC(=O)[C@H]1C(=O)C2=C(C[C@@H]1C)NC(C)=C(C(=O)OC1CCCCCC1)[C@H]2c1cccc(F)c1. The number of dihydropyridines is 1. The van der Waals surface area contributed by atoms with E-state index >= 15 is 0 Å². The Morgan fingerprint density at radius 2 is 1.82 bits per heavy atom. The summed E-state index contributed by atoms with van der Waals surface area (Å²) >= 11 is 0. The number of ether oxygens (including phenoxy) is 2. The average molecular weight is 470 g/mol. The van der Waals surface area contributed by atoms with Crippen LogP contribution in [0.25, 0.3) is 0 Å². The summed E-state index contributed by atoms with van der Waals surface area (Å²) < 4.78 is 25.1. The molecule has 1 aromatic carbocycles. The van der Waals surface area contributed by atoms with Crippen LogP contribution in [0.4, 0.5) is 4.39 Å². The smallest absolute Gasteiger partial charge is 0.337 e. The molecule has 1 fully saturated rings. The lowest BCUT2D eigenvalue weighted by molar-refractivity contribution is -0.151. The van der Waals surface area contributed by atoms with E-state index in [1.165, 1.54) is 19.2 Å². The van der Waals surface area contributed by atoms with Crippen molar-refractivity contribution < 1.29 is 28.2 Å². The number of esters is 2. The molecule has 0 bridgehead atoms. The number of hydrogen-bond donors (Lipinski definition) is 1. The van der Waals surface area contributed by atoms with E-state index in [0.29, 0.717) is 34.5 Å². The van der Waals surface area contributed by atoms with Crippen molar-refractivity contribution in [1.29, 1.82) is 0 Å². The highest BCUT2D eigenvalue weighted by Crippen LogP contribution is 2.45. The second kappa shape index (κ2) is 10.1. The number of ketones is 1. The van der Waals surface area contributed by atoms with E-state index in [0.717, 1.165) is 38.5 Å². The second-order valence-electron chi connectivity index (χ2n) is 9.61. The molecule has 34 heavy (non-hydrogen) atoms. The van der Waals surface area contributed by atoms with Crippen molar-refractivity contribution in [2.24, 2.45) is 11.8 Å². The number of hydrogen-bond acceptors (Lipinski definition) is 6. The van der Waals surface area contributed by atoms with E-state index in [2.05, 4.69) is 5.32 Å². The van der Waals surface area contributed by atoms with Crippen molar-refractivity contribution in [1.82, 2.24) is 5.32 Å². The molecule has 1 aromatic rings. The average Bonchev–Trinajstić information content (AvgIpc) is 3.06. The Balaban J connectivity index is 1.77. The van der Waals surface area contributed by atoms with Gasteiger partial charge >= 0.3 is 11.9 Å². The maximum Gasteiger partial charge on any atom is 0.337 e. The molecule has 0 amide bonds. The molecule has 0 radical (unpaired) electrons. The van der Waals surface area contributed by atoms with Crippen molar-refractivity contribution in [3.63, 3.8) is 0 Å². The van der Waals surface area contributed by atoms with Gasteiger partial charge in [-0.25, -0.2) is 9.18 Å². The summed E-state index contributed by atoms with van der Waals surface area (Å²) in [5, 5.41) is 3.24. The molecule has 0 unspecified atom stereocenters. The molecule has 6 nitrogen and oxygen atoms in total. The van der Waals surface area contributed by atoms with Gasteiger partial charge in [-0.15, -0.1) is 0 Å². The molecule has 1 aliphatic heterocycles. The highest BCUT2D eigenvalue weighted by Gasteiger charge is 2.47. The van der Waals surface area contributed by atoms with E-state index in [9.17, 15) is 18.8 Å². The Hall–Kier alpha value is -2.96. The van der Waals surface area contributed by atoms with Gasteiger partial charge in [0.2, 0.25) is 0 Å². The normalized spacial score (nSPS) is 25.9. The number of nitrogens with one attached hydrogen (secondary N) is 1. The highest BCUT2D eigenvalue weighted by molar-refractivity contribution is 6.12. The van der Waals surface area contributed by atoms with Gasteiger partial charge < -0.3 is 14.8 Å². The Morgan fingerprint density at radius 1 is 1.12 bits per heavy atom. The van der Waals surface area contributed by atoms with Crippen molar-refractivity contribution in [3.05, 3.63) is 58.2 Å². The molecule has 3 aliphatic rings. The monoisotopic (exact) mass is 469 g/mol. The van der Waals surface area contributed by atoms with Crippen LogP contribution >= 0.6 is 0 Å². The number of methoxy groups -OCH3 is 1. The maximum atomic E-state index is 14.3. The van der Waals surface area contributed by atoms with Gasteiger partial charge in [0.1, 0.15) is 17.8 Å². The van der Waals surface area contributed by atoms with Crippen LogP contribution in [0.15, 0.2) is 46.8 Å². The van der Waals surface area contributed by atoms with Gasteiger partial charge in [0.25, 0.3) is 0 Å². The van der Waals surface area contributed by atoms with Crippen LogP contribution in [0.1, 0.15) is 70.3 Å². The summed E-state index contributed by atoms with van der Waals surface area (Å²) in [6.45, 7) is 3.61. The molecule has 2 aliphatic carbocycles. The van der Waals surface area contributed by atoms with Gasteiger partial charge in [0.15, 0.2) is 5.78 Å². The molecule has 0 saturated heterocycles. The molecular formula is C27H32FNO5. The fourth-order valence-electron chi connectivity index (χ4n) is 5.55. The molecule has 1 N–H and O–H groups in total. The standard InChI is InChI=1S/C27H32FNO5/c1-15-13-20-24(25(30)21(15)26(31)33-3)23(17-9-8-10-18(28)14-17)22(16(2)29-20)27(32)34-19-11-6-4-5-7-12-19/h8-10,14-15,19,21,23,29H,4-7,11-13H2,1-3H3/t15-,21+,23+/m0/s1. The van der Waals surface area contributed by atoms with Crippen molar-refractivity contribution >= 4 is 17.7 Å². The fraction of sp³-hybridized carbons (Fsp3) is 0.519.